The molecule has 0 radical (unpaired) electrons. The molecule has 0 bridgehead atoms. The molecule has 0 amide bonds. The zero-order valence-electron chi connectivity index (χ0n) is 7.40. The number of carbonyl (C=O) groups is 1. The first-order valence-corrected chi connectivity index (χ1v) is 5.25. The Balaban J connectivity index is 4.00. The first-order valence-electron chi connectivity index (χ1n) is 3.52. The third-order valence-electron chi connectivity index (χ3n) is 1.48. The lowest BCUT2D eigenvalue weighted by atomic mass is 10.3. The van der Waals surface area contributed by atoms with Crippen LogP contribution in [-0.2, 0) is 18.4 Å². The third kappa shape index (κ3) is 4.36. The maximum absolute atomic E-state index is 12.5. The summed E-state index contributed by atoms with van der Waals surface area (Å²) in [6.07, 6.45) is -2.65. The van der Waals surface area contributed by atoms with Gasteiger partial charge in [0.1, 0.15) is 0 Å². The Morgan fingerprint density at radius 3 is 2.31 bits per heavy atom. The lowest BCUT2D eigenvalue weighted by Crippen LogP contribution is -2.16. The van der Waals surface area contributed by atoms with Crippen LogP contribution in [0, 0.1) is 0 Å². The van der Waals surface area contributed by atoms with E-state index in [2.05, 4.69) is 9.05 Å². The van der Waals surface area contributed by atoms with Crippen LogP contribution in [-0.4, -0.2) is 37.6 Å². The van der Waals surface area contributed by atoms with E-state index in [1.165, 1.54) is 0 Å². The van der Waals surface area contributed by atoms with Gasteiger partial charge in [0.15, 0.2) is 6.17 Å². The molecule has 0 aliphatic carbocycles. The van der Waals surface area contributed by atoms with Crippen LogP contribution < -0.4 is 0 Å². The van der Waals surface area contributed by atoms with Crippen molar-refractivity contribution >= 4 is 13.6 Å². The smallest absolute Gasteiger partial charge is 0.338 e. The molecular weight excluding hydrogens is 202 g/mol. The van der Waals surface area contributed by atoms with E-state index in [-0.39, 0.29) is 12.6 Å². The minimum absolute atomic E-state index is 0.243. The van der Waals surface area contributed by atoms with Crippen LogP contribution in [0.3, 0.4) is 0 Å². The molecular formula is C6H12FO5P. The Hall–Kier alpha value is -0.450. The van der Waals surface area contributed by atoms with Crippen LogP contribution in [0.2, 0.25) is 0 Å². The van der Waals surface area contributed by atoms with Crippen molar-refractivity contribution in [1.82, 2.24) is 0 Å². The second-order valence-corrected chi connectivity index (χ2v) is 4.69. The molecule has 7 heteroatoms. The molecule has 78 valence electrons. The SMILES string of the molecule is COP(=O)(CCC(F)C(=O)O)OC. The summed E-state index contributed by atoms with van der Waals surface area (Å²) in [5.74, 6) is -1.57. The van der Waals surface area contributed by atoms with Gasteiger partial charge in [0.05, 0.1) is 6.16 Å². The Kier molecular flexibility index (Phi) is 5.13. The first kappa shape index (κ1) is 12.6. The molecule has 1 atom stereocenters. The molecule has 1 N–H and O–H groups in total. The fraction of sp³-hybridized carbons (Fsp3) is 0.833. The van der Waals surface area contributed by atoms with Crippen molar-refractivity contribution in [3.63, 3.8) is 0 Å². The van der Waals surface area contributed by atoms with Crippen molar-refractivity contribution in [2.24, 2.45) is 0 Å². The quantitative estimate of drug-likeness (QED) is 0.674. The van der Waals surface area contributed by atoms with Crippen LogP contribution in [0.15, 0.2) is 0 Å². The molecule has 0 heterocycles. The maximum atomic E-state index is 12.5. The van der Waals surface area contributed by atoms with Crippen LogP contribution in [0.5, 0.6) is 0 Å². The Bertz CT molecular complexity index is 211. The zero-order chi connectivity index (χ0) is 10.5. The van der Waals surface area contributed by atoms with Gasteiger partial charge in [-0.1, -0.05) is 0 Å². The highest BCUT2D eigenvalue weighted by Crippen LogP contribution is 2.47. The van der Waals surface area contributed by atoms with Gasteiger partial charge < -0.3 is 14.2 Å². The number of carboxylic acid groups (broad SMARTS) is 1. The van der Waals surface area contributed by atoms with E-state index in [4.69, 9.17) is 5.11 Å². The van der Waals surface area contributed by atoms with Crippen LogP contribution in [0.25, 0.3) is 0 Å². The van der Waals surface area contributed by atoms with Gasteiger partial charge in [-0.05, 0) is 0 Å². The standard InChI is InChI=1S/C6H12FO5P/c1-11-13(10,12-2)4-3-5(7)6(8)9/h5H,3-4H2,1-2H3,(H,8,9). The summed E-state index contributed by atoms with van der Waals surface area (Å²) in [4.78, 5) is 10.0. The molecule has 1 unspecified atom stereocenters. The predicted molar refractivity (Wildman–Crippen MR) is 43.6 cm³/mol. The van der Waals surface area contributed by atoms with Gasteiger partial charge >= 0.3 is 13.6 Å². The molecule has 0 aliphatic heterocycles. The fourth-order valence-corrected chi connectivity index (χ4v) is 1.71. The van der Waals surface area contributed by atoms with Crippen LogP contribution in [0.1, 0.15) is 6.42 Å². The number of carboxylic acids is 1. The van der Waals surface area contributed by atoms with Crippen LogP contribution >= 0.6 is 7.60 Å². The van der Waals surface area contributed by atoms with Gasteiger partial charge in [-0.25, -0.2) is 9.18 Å². The van der Waals surface area contributed by atoms with E-state index < -0.39 is 19.7 Å². The van der Waals surface area contributed by atoms with Gasteiger partial charge in [0, 0.05) is 20.6 Å². The number of aliphatic carboxylic acids is 1. The van der Waals surface area contributed by atoms with E-state index in [0.29, 0.717) is 0 Å². The summed E-state index contributed by atoms with van der Waals surface area (Å²) in [5.41, 5.74) is 0. The largest absolute Gasteiger partial charge is 0.479 e. The van der Waals surface area contributed by atoms with Gasteiger partial charge in [-0.15, -0.1) is 0 Å². The van der Waals surface area contributed by atoms with Gasteiger partial charge in [-0.2, -0.15) is 0 Å². The fourth-order valence-electron chi connectivity index (χ4n) is 0.652. The van der Waals surface area contributed by atoms with Crippen molar-refractivity contribution in [3.8, 4) is 0 Å². The molecule has 0 aromatic carbocycles. The summed E-state index contributed by atoms with van der Waals surface area (Å²) in [7, 11) is -0.948. The van der Waals surface area contributed by atoms with E-state index in [0.717, 1.165) is 14.2 Å². The zero-order valence-corrected chi connectivity index (χ0v) is 8.29. The number of alkyl halides is 1. The molecule has 13 heavy (non-hydrogen) atoms. The molecule has 0 fully saturated rings. The summed E-state index contributed by atoms with van der Waals surface area (Å²) < 4.78 is 32.8. The minimum Gasteiger partial charge on any atom is -0.479 e. The van der Waals surface area contributed by atoms with Crippen molar-refractivity contribution < 1.29 is 27.9 Å². The Morgan fingerprint density at radius 1 is 1.54 bits per heavy atom. The number of hydrogen-bond donors (Lipinski definition) is 1. The molecule has 0 saturated heterocycles. The van der Waals surface area contributed by atoms with Crippen molar-refractivity contribution in [3.05, 3.63) is 0 Å². The predicted octanol–water partition coefficient (Wildman–Crippen LogP) is 1.29. The molecule has 0 saturated carbocycles. The lowest BCUT2D eigenvalue weighted by molar-refractivity contribution is -0.142. The average molecular weight is 214 g/mol. The van der Waals surface area contributed by atoms with Crippen LogP contribution in [0.4, 0.5) is 4.39 Å². The van der Waals surface area contributed by atoms with Gasteiger partial charge in [-0.3, -0.25) is 4.57 Å². The van der Waals surface area contributed by atoms with E-state index in [1.54, 1.807) is 0 Å². The summed E-state index contributed by atoms with van der Waals surface area (Å²) in [5, 5.41) is 8.18. The number of hydrogen-bond acceptors (Lipinski definition) is 4. The van der Waals surface area contributed by atoms with E-state index in [9.17, 15) is 13.8 Å². The van der Waals surface area contributed by atoms with Crippen molar-refractivity contribution in [2.75, 3.05) is 20.4 Å². The summed E-state index contributed by atoms with van der Waals surface area (Å²) in [6, 6.07) is 0. The second kappa shape index (κ2) is 5.32. The lowest BCUT2D eigenvalue weighted by Gasteiger charge is -2.13. The summed E-state index contributed by atoms with van der Waals surface area (Å²) >= 11 is 0. The third-order valence-corrected chi connectivity index (χ3v) is 3.40. The molecule has 0 aliphatic rings. The van der Waals surface area contributed by atoms with Gasteiger partial charge in [0.2, 0.25) is 0 Å². The molecule has 0 spiro atoms. The minimum atomic E-state index is -3.28. The van der Waals surface area contributed by atoms with Crippen molar-refractivity contribution in [1.29, 1.82) is 0 Å². The average Bonchev–Trinajstić information content (AvgIpc) is 2.13. The Morgan fingerprint density at radius 2 is 2.00 bits per heavy atom. The molecule has 0 rings (SSSR count). The van der Waals surface area contributed by atoms with E-state index in [1.807, 2.05) is 0 Å². The maximum Gasteiger partial charge on any atom is 0.338 e. The van der Waals surface area contributed by atoms with Crippen molar-refractivity contribution in [2.45, 2.75) is 12.6 Å². The summed E-state index contributed by atoms with van der Waals surface area (Å²) in [6.45, 7) is 0. The topological polar surface area (TPSA) is 72.8 Å². The molecule has 5 nitrogen and oxygen atoms in total. The number of rotatable bonds is 6. The highest BCUT2D eigenvalue weighted by molar-refractivity contribution is 7.53. The number of halogens is 1. The molecule has 0 aromatic rings. The molecule has 0 aromatic heterocycles. The highest BCUT2D eigenvalue weighted by Gasteiger charge is 2.25. The highest BCUT2D eigenvalue weighted by atomic mass is 31.2. The van der Waals surface area contributed by atoms with Gasteiger partial charge in [0.25, 0.3) is 0 Å². The monoisotopic (exact) mass is 214 g/mol. The Labute approximate surface area is 75.4 Å². The normalized spacial score (nSPS) is 14.1. The van der Waals surface area contributed by atoms with E-state index >= 15 is 0 Å². The second-order valence-electron chi connectivity index (χ2n) is 2.29. The first-order chi connectivity index (χ1) is 5.95.